The highest BCUT2D eigenvalue weighted by Crippen LogP contribution is 2.29. The number of carbonyl (C=O) groups excluding carboxylic acids is 1. The highest BCUT2D eigenvalue weighted by atomic mass is 32.1. The minimum absolute atomic E-state index is 0.163. The molecule has 0 saturated carbocycles. The monoisotopic (exact) mass is 305 g/mol. The lowest BCUT2D eigenvalue weighted by Gasteiger charge is -2.04. The number of aromatic nitrogens is 2. The van der Waals surface area contributed by atoms with Gasteiger partial charge in [-0.25, -0.2) is 4.98 Å². The van der Waals surface area contributed by atoms with Gasteiger partial charge in [-0.05, 0) is 12.5 Å². The number of amides is 1. The van der Waals surface area contributed by atoms with E-state index in [0.717, 1.165) is 24.5 Å². The molecule has 2 aromatic rings. The maximum atomic E-state index is 11.9. The summed E-state index contributed by atoms with van der Waals surface area (Å²) in [6.07, 6.45) is 8.10. The van der Waals surface area contributed by atoms with Crippen molar-refractivity contribution in [2.75, 3.05) is 24.1 Å². The molecule has 2 aromatic heterocycles. The normalized spacial score (nSPS) is 10.3. The van der Waals surface area contributed by atoms with Crippen LogP contribution in [0.1, 0.15) is 16.1 Å². The maximum Gasteiger partial charge on any atom is 0.263 e. The van der Waals surface area contributed by atoms with E-state index in [1.54, 1.807) is 24.7 Å². The second kappa shape index (κ2) is 7.49. The van der Waals surface area contributed by atoms with Crippen molar-refractivity contribution < 1.29 is 4.79 Å². The van der Waals surface area contributed by atoms with Gasteiger partial charge in [-0.3, -0.25) is 4.79 Å². The van der Waals surface area contributed by atoms with Crippen molar-refractivity contribution in [3.05, 3.63) is 42.3 Å². The molecule has 0 bridgehead atoms. The van der Waals surface area contributed by atoms with E-state index in [0.29, 0.717) is 17.1 Å². The Labute approximate surface area is 127 Å². The van der Waals surface area contributed by atoms with E-state index in [1.165, 1.54) is 11.3 Å². The number of nitrogen functional groups attached to an aromatic ring is 1. The topological polar surface area (TPSA) is 85.0 Å². The fourth-order valence-electron chi connectivity index (χ4n) is 1.81. The van der Waals surface area contributed by atoms with Gasteiger partial charge in [0.2, 0.25) is 0 Å². The Bertz CT molecular complexity index is 591. The van der Waals surface area contributed by atoms with Crippen LogP contribution in [0.4, 0.5) is 10.7 Å². The lowest BCUT2D eigenvalue weighted by molar-refractivity contribution is 0.0963. The van der Waals surface area contributed by atoms with Gasteiger partial charge >= 0.3 is 0 Å². The first-order valence-electron chi connectivity index (χ1n) is 6.68. The van der Waals surface area contributed by atoms with Crippen molar-refractivity contribution in [1.82, 2.24) is 14.9 Å². The molecule has 4 N–H and O–H groups in total. The van der Waals surface area contributed by atoms with Crippen LogP contribution in [0.5, 0.6) is 0 Å². The lowest BCUT2D eigenvalue weighted by atomic mass is 10.3. The SMILES string of the molecule is C=CCNC(=O)c1sc(NCCCn2ccnc2)cc1N. The first-order chi connectivity index (χ1) is 10.2. The van der Waals surface area contributed by atoms with Gasteiger partial charge in [0.25, 0.3) is 5.91 Å². The van der Waals surface area contributed by atoms with E-state index in [-0.39, 0.29) is 5.91 Å². The molecule has 112 valence electrons. The summed E-state index contributed by atoms with van der Waals surface area (Å²) in [6, 6.07) is 1.80. The summed E-state index contributed by atoms with van der Waals surface area (Å²) in [5.74, 6) is -0.163. The Morgan fingerprint density at radius 3 is 3.14 bits per heavy atom. The molecule has 0 aliphatic heterocycles. The van der Waals surface area contributed by atoms with Gasteiger partial charge in [-0.2, -0.15) is 0 Å². The van der Waals surface area contributed by atoms with E-state index in [9.17, 15) is 4.79 Å². The standard InChI is InChI=1S/C14H19N5OS/c1-2-4-18-14(20)13-11(15)9-12(21-13)17-5-3-7-19-8-6-16-10-19/h2,6,8-10,17H,1,3-5,7,15H2,(H,18,20). The van der Waals surface area contributed by atoms with Gasteiger partial charge in [0.1, 0.15) is 4.88 Å². The minimum atomic E-state index is -0.163. The number of rotatable bonds is 8. The van der Waals surface area contributed by atoms with Crippen molar-refractivity contribution >= 4 is 27.9 Å². The molecule has 0 unspecified atom stereocenters. The fourth-order valence-corrected chi connectivity index (χ4v) is 2.73. The number of carbonyl (C=O) groups is 1. The Hall–Kier alpha value is -2.28. The average molecular weight is 305 g/mol. The number of imidazole rings is 1. The van der Waals surface area contributed by atoms with Gasteiger partial charge in [-0.1, -0.05) is 6.08 Å². The highest BCUT2D eigenvalue weighted by Gasteiger charge is 2.13. The van der Waals surface area contributed by atoms with Crippen molar-refractivity contribution in [2.45, 2.75) is 13.0 Å². The quantitative estimate of drug-likeness (QED) is 0.514. The van der Waals surface area contributed by atoms with Crippen molar-refractivity contribution in [2.24, 2.45) is 0 Å². The Kier molecular flexibility index (Phi) is 5.39. The molecule has 7 heteroatoms. The van der Waals surface area contributed by atoms with Crippen LogP contribution in [0, 0.1) is 0 Å². The second-order valence-corrected chi connectivity index (χ2v) is 5.53. The molecule has 0 atom stereocenters. The largest absolute Gasteiger partial charge is 0.397 e. The molecule has 2 rings (SSSR count). The molecule has 0 radical (unpaired) electrons. The minimum Gasteiger partial charge on any atom is -0.397 e. The number of hydrogen-bond acceptors (Lipinski definition) is 5. The molecular formula is C14H19N5OS. The number of aryl methyl sites for hydroxylation is 1. The zero-order valence-electron chi connectivity index (χ0n) is 11.7. The summed E-state index contributed by atoms with van der Waals surface area (Å²) < 4.78 is 2.03. The van der Waals surface area contributed by atoms with Gasteiger partial charge < -0.3 is 20.9 Å². The summed E-state index contributed by atoms with van der Waals surface area (Å²) in [5, 5.41) is 6.91. The van der Waals surface area contributed by atoms with Crippen LogP contribution < -0.4 is 16.4 Å². The predicted octanol–water partition coefficient (Wildman–Crippen LogP) is 1.94. The number of nitrogens with two attached hydrogens (primary N) is 1. The van der Waals surface area contributed by atoms with Crippen LogP contribution in [0.25, 0.3) is 0 Å². The third-order valence-corrected chi connectivity index (χ3v) is 3.93. The Balaban J connectivity index is 1.81. The number of anilines is 2. The first kappa shape index (κ1) is 15.1. The van der Waals surface area contributed by atoms with Crippen molar-refractivity contribution in [1.29, 1.82) is 0 Å². The average Bonchev–Trinajstić information content (AvgIpc) is 3.10. The smallest absolute Gasteiger partial charge is 0.263 e. The molecule has 21 heavy (non-hydrogen) atoms. The zero-order chi connectivity index (χ0) is 15.1. The van der Waals surface area contributed by atoms with Gasteiger partial charge in [0.05, 0.1) is 17.0 Å². The van der Waals surface area contributed by atoms with Gasteiger partial charge in [-0.15, -0.1) is 17.9 Å². The zero-order valence-corrected chi connectivity index (χ0v) is 12.5. The Morgan fingerprint density at radius 2 is 2.43 bits per heavy atom. The van der Waals surface area contributed by atoms with Crippen LogP contribution in [0.3, 0.4) is 0 Å². The molecule has 0 aliphatic rings. The predicted molar refractivity (Wildman–Crippen MR) is 86.6 cm³/mol. The summed E-state index contributed by atoms with van der Waals surface area (Å²) in [6.45, 7) is 5.71. The number of nitrogens with zero attached hydrogens (tertiary/aromatic N) is 2. The fraction of sp³-hybridized carbons (Fsp3) is 0.286. The number of thiophene rings is 1. The molecule has 6 nitrogen and oxygen atoms in total. The summed E-state index contributed by atoms with van der Waals surface area (Å²) in [5.41, 5.74) is 6.37. The second-order valence-electron chi connectivity index (χ2n) is 4.47. The van der Waals surface area contributed by atoms with E-state index in [4.69, 9.17) is 5.73 Å². The van der Waals surface area contributed by atoms with Crippen LogP contribution in [0.15, 0.2) is 37.4 Å². The molecule has 0 spiro atoms. The van der Waals surface area contributed by atoms with E-state index >= 15 is 0 Å². The third kappa shape index (κ3) is 4.35. The maximum absolute atomic E-state index is 11.9. The first-order valence-corrected chi connectivity index (χ1v) is 7.50. The van der Waals surface area contributed by atoms with E-state index in [1.807, 2.05) is 10.8 Å². The van der Waals surface area contributed by atoms with Gasteiger partial charge in [0, 0.05) is 32.0 Å². The molecule has 0 aromatic carbocycles. The molecule has 0 aliphatic carbocycles. The molecular weight excluding hydrogens is 286 g/mol. The molecule has 1 amide bonds. The summed E-state index contributed by atoms with van der Waals surface area (Å²) in [7, 11) is 0. The molecule has 2 heterocycles. The number of hydrogen-bond donors (Lipinski definition) is 3. The summed E-state index contributed by atoms with van der Waals surface area (Å²) in [4.78, 5) is 16.4. The lowest BCUT2D eigenvalue weighted by Crippen LogP contribution is -2.22. The van der Waals surface area contributed by atoms with Gasteiger partial charge in [0.15, 0.2) is 0 Å². The van der Waals surface area contributed by atoms with Crippen LogP contribution >= 0.6 is 11.3 Å². The third-order valence-electron chi connectivity index (χ3n) is 2.83. The Morgan fingerprint density at radius 1 is 1.57 bits per heavy atom. The van der Waals surface area contributed by atoms with E-state index < -0.39 is 0 Å². The molecule has 0 fully saturated rings. The van der Waals surface area contributed by atoms with E-state index in [2.05, 4.69) is 22.2 Å². The van der Waals surface area contributed by atoms with Crippen molar-refractivity contribution in [3.8, 4) is 0 Å². The summed E-state index contributed by atoms with van der Waals surface area (Å²) >= 11 is 1.36. The number of nitrogens with one attached hydrogen (secondary N) is 2. The van der Waals surface area contributed by atoms with Crippen LogP contribution in [-0.2, 0) is 6.54 Å². The molecule has 0 saturated heterocycles. The van der Waals surface area contributed by atoms with Crippen LogP contribution in [0.2, 0.25) is 0 Å². The van der Waals surface area contributed by atoms with Crippen LogP contribution in [-0.4, -0.2) is 28.5 Å². The highest BCUT2D eigenvalue weighted by molar-refractivity contribution is 7.18. The van der Waals surface area contributed by atoms with Crippen molar-refractivity contribution in [3.63, 3.8) is 0 Å².